The summed E-state index contributed by atoms with van der Waals surface area (Å²) in [6, 6.07) is 3.99. The van der Waals surface area contributed by atoms with Crippen LogP contribution in [-0.4, -0.2) is 23.9 Å². The third-order valence-electron chi connectivity index (χ3n) is 3.01. The first-order chi connectivity index (χ1) is 8.55. The zero-order valence-corrected chi connectivity index (χ0v) is 10.7. The van der Waals surface area contributed by atoms with Crippen LogP contribution in [0.15, 0.2) is 6.07 Å². The van der Waals surface area contributed by atoms with Gasteiger partial charge in [0.2, 0.25) is 0 Å². The van der Waals surface area contributed by atoms with Crippen molar-refractivity contribution in [2.24, 2.45) is 0 Å². The molecule has 3 N–H and O–H groups in total. The van der Waals surface area contributed by atoms with Crippen LogP contribution in [0, 0.1) is 11.3 Å². The Morgan fingerprint density at radius 3 is 3.06 bits per heavy atom. The number of nitriles is 1. The molecule has 0 saturated heterocycles. The number of aromatic amines is 1. The molecule has 5 heteroatoms. The van der Waals surface area contributed by atoms with Crippen molar-refractivity contribution < 1.29 is 14.8 Å². The SMILES string of the molecule is CC1(C)Cc2[nH+]c(NCCO)c(C#N)cc2CO1. The van der Waals surface area contributed by atoms with Crippen LogP contribution >= 0.6 is 0 Å². The number of H-pyrrole nitrogens is 1. The first-order valence-electron chi connectivity index (χ1n) is 6.02. The summed E-state index contributed by atoms with van der Waals surface area (Å²) in [6.07, 6.45) is 0.780. The summed E-state index contributed by atoms with van der Waals surface area (Å²) in [7, 11) is 0. The third-order valence-corrected chi connectivity index (χ3v) is 3.01. The number of ether oxygens (including phenoxy) is 1. The van der Waals surface area contributed by atoms with Crippen LogP contribution in [0.4, 0.5) is 5.82 Å². The van der Waals surface area contributed by atoms with Gasteiger partial charge in [-0.2, -0.15) is 5.26 Å². The minimum atomic E-state index is -0.189. The van der Waals surface area contributed by atoms with Crippen molar-refractivity contribution in [2.45, 2.75) is 32.5 Å². The Morgan fingerprint density at radius 1 is 1.61 bits per heavy atom. The predicted octanol–water partition coefficient (Wildman–Crippen LogP) is 0.628. The standard InChI is InChI=1S/C13H17N3O2/c1-13(2)6-11-10(8-18-13)5-9(7-14)12(16-11)15-3-4-17/h5,17H,3-4,6,8H2,1-2H3,(H,15,16)/p+1. The summed E-state index contributed by atoms with van der Waals surface area (Å²) in [5.74, 6) is 0.669. The second-order valence-electron chi connectivity index (χ2n) is 5.05. The first kappa shape index (κ1) is 12.8. The van der Waals surface area contributed by atoms with E-state index in [1.807, 2.05) is 19.9 Å². The highest BCUT2D eigenvalue weighted by Crippen LogP contribution is 2.26. The molecule has 0 spiro atoms. The Bertz CT molecular complexity index is 492. The predicted molar refractivity (Wildman–Crippen MR) is 65.9 cm³/mol. The van der Waals surface area contributed by atoms with Crippen LogP contribution in [0.5, 0.6) is 0 Å². The molecule has 1 aliphatic rings. The fourth-order valence-corrected chi connectivity index (χ4v) is 2.08. The summed E-state index contributed by atoms with van der Waals surface area (Å²) < 4.78 is 5.72. The molecule has 0 amide bonds. The summed E-state index contributed by atoms with van der Waals surface area (Å²) >= 11 is 0. The van der Waals surface area contributed by atoms with Crippen molar-refractivity contribution in [2.75, 3.05) is 18.5 Å². The van der Waals surface area contributed by atoms with E-state index in [1.165, 1.54) is 0 Å². The number of nitrogens with zero attached hydrogens (tertiary/aromatic N) is 1. The Hall–Kier alpha value is -1.64. The van der Waals surface area contributed by atoms with Crippen molar-refractivity contribution in [3.63, 3.8) is 0 Å². The Kier molecular flexibility index (Phi) is 3.50. The van der Waals surface area contributed by atoms with Crippen molar-refractivity contribution in [1.82, 2.24) is 0 Å². The van der Waals surface area contributed by atoms with Crippen LogP contribution in [0.3, 0.4) is 0 Å². The highest BCUT2D eigenvalue weighted by atomic mass is 16.5. The van der Waals surface area contributed by atoms with Gasteiger partial charge < -0.3 is 9.84 Å². The number of anilines is 1. The molecular weight excluding hydrogens is 230 g/mol. The zero-order chi connectivity index (χ0) is 13.2. The fraction of sp³-hybridized carbons (Fsp3) is 0.538. The number of nitrogens with one attached hydrogen (secondary N) is 2. The van der Waals surface area contributed by atoms with E-state index in [2.05, 4.69) is 16.4 Å². The van der Waals surface area contributed by atoms with Crippen LogP contribution in [0.1, 0.15) is 30.7 Å². The molecule has 0 saturated carbocycles. The number of aliphatic hydroxyl groups excluding tert-OH is 1. The number of fused-ring (bicyclic) bond motifs is 1. The molecule has 18 heavy (non-hydrogen) atoms. The van der Waals surface area contributed by atoms with Gasteiger partial charge in [-0.3, -0.25) is 5.32 Å². The number of aliphatic hydroxyl groups is 1. The maximum atomic E-state index is 9.11. The Morgan fingerprint density at radius 2 is 2.39 bits per heavy atom. The van der Waals surface area contributed by atoms with E-state index in [0.717, 1.165) is 17.7 Å². The van der Waals surface area contributed by atoms with Gasteiger partial charge in [0, 0.05) is 12.0 Å². The molecule has 0 radical (unpaired) electrons. The Labute approximate surface area is 106 Å². The zero-order valence-electron chi connectivity index (χ0n) is 10.7. The van der Waals surface area contributed by atoms with Gasteiger partial charge in [-0.25, -0.2) is 4.98 Å². The largest absolute Gasteiger partial charge is 0.392 e. The molecule has 1 aromatic heterocycles. The van der Waals surface area contributed by atoms with E-state index in [-0.39, 0.29) is 12.2 Å². The molecule has 0 bridgehead atoms. The molecule has 5 nitrogen and oxygen atoms in total. The molecule has 0 fully saturated rings. The molecular formula is C13H18N3O2+. The smallest absolute Gasteiger partial charge is 0.290 e. The molecule has 0 aromatic carbocycles. The molecule has 2 rings (SSSR count). The average Bonchev–Trinajstić information content (AvgIpc) is 2.34. The van der Waals surface area contributed by atoms with E-state index in [0.29, 0.717) is 24.5 Å². The van der Waals surface area contributed by atoms with Crippen LogP contribution in [0.25, 0.3) is 0 Å². The summed E-state index contributed by atoms with van der Waals surface area (Å²) in [6.45, 7) is 5.06. The van der Waals surface area contributed by atoms with Gasteiger partial charge in [-0.15, -0.1) is 0 Å². The molecule has 2 heterocycles. The van der Waals surface area contributed by atoms with Crippen molar-refractivity contribution in [3.8, 4) is 6.07 Å². The maximum absolute atomic E-state index is 9.11. The van der Waals surface area contributed by atoms with Crippen LogP contribution in [0.2, 0.25) is 0 Å². The summed E-state index contributed by atoms with van der Waals surface area (Å²) in [5.41, 5.74) is 2.47. The monoisotopic (exact) mass is 248 g/mol. The number of hydrogen-bond acceptors (Lipinski definition) is 4. The maximum Gasteiger partial charge on any atom is 0.290 e. The average molecular weight is 248 g/mol. The molecule has 0 atom stereocenters. The van der Waals surface area contributed by atoms with Crippen molar-refractivity contribution >= 4 is 5.82 Å². The number of hydrogen-bond donors (Lipinski definition) is 2. The van der Waals surface area contributed by atoms with E-state index >= 15 is 0 Å². The molecule has 1 aromatic rings. The Balaban J connectivity index is 2.35. The minimum absolute atomic E-state index is 0.0321. The minimum Gasteiger partial charge on any atom is -0.392 e. The molecule has 0 unspecified atom stereocenters. The molecule has 96 valence electrons. The van der Waals surface area contributed by atoms with Gasteiger partial charge in [-0.05, 0) is 19.9 Å². The normalized spacial score (nSPS) is 16.8. The van der Waals surface area contributed by atoms with E-state index < -0.39 is 0 Å². The number of pyridine rings is 1. The van der Waals surface area contributed by atoms with Gasteiger partial charge in [0.05, 0.1) is 18.8 Å². The molecule has 1 aliphatic heterocycles. The second-order valence-corrected chi connectivity index (χ2v) is 5.05. The lowest BCUT2D eigenvalue weighted by molar-refractivity contribution is -0.381. The van der Waals surface area contributed by atoms with Crippen molar-refractivity contribution in [1.29, 1.82) is 5.26 Å². The van der Waals surface area contributed by atoms with Gasteiger partial charge in [0.1, 0.15) is 23.9 Å². The van der Waals surface area contributed by atoms with Crippen molar-refractivity contribution in [3.05, 3.63) is 22.9 Å². The van der Waals surface area contributed by atoms with E-state index in [4.69, 9.17) is 15.1 Å². The number of aromatic nitrogens is 1. The van der Waals surface area contributed by atoms with E-state index in [9.17, 15) is 0 Å². The lowest BCUT2D eigenvalue weighted by Gasteiger charge is -2.30. The summed E-state index contributed by atoms with van der Waals surface area (Å²) in [4.78, 5) is 3.25. The van der Waals surface area contributed by atoms with Gasteiger partial charge in [0.15, 0.2) is 0 Å². The first-order valence-corrected chi connectivity index (χ1v) is 6.02. The van der Waals surface area contributed by atoms with Gasteiger partial charge in [0.25, 0.3) is 5.82 Å². The fourth-order valence-electron chi connectivity index (χ4n) is 2.08. The van der Waals surface area contributed by atoms with Gasteiger partial charge >= 0.3 is 0 Å². The highest BCUT2D eigenvalue weighted by molar-refractivity contribution is 5.50. The quantitative estimate of drug-likeness (QED) is 0.822. The van der Waals surface area contributed by atoms with E-state index in [1.54, 1.807) is 0 Å². The lowest BCUT2D eigenvalue weighted by atomic mass is 9.95. The van der Waals surface area contributed by atoms with Crippen LogP contribution in [-0.2, 0) is 17.8 Å². The molecule has 0 aliphatic carbocycles. The summed E-state index contributed by atoms with van der Waals surface area (Å²) in [5, 5.41) is 21.0. The van der Waals surface area contributed by atoms with Crippen LogP contribution < -0.4 is 10.3 Å². The topological polar surface area (TPSA) is 79.4 Å². The lowest BCUT2D eigenvalue weighted by Crippen LogP contribution is -2.37. The van der Waals surface area contributed by atoms with Gasteiger partial charge in [-0.1, -0.05) is 0 Å². The third kappa shape index (κ3) is 2.61. The number of rotatable bonds is 3. The second kappa shape index (κ2) is 4.92. The highest BCUT2D eigenvalue weighted by Gasteiger charge is 2.30.